The molecule has 158 valence electrons. The number of nitrogens with one attached hydrogen (secondary N) is 2. The highest BCUT2D eigenvalue weighted by molar-refractivity contribution is 5.83. The smallest absolute Gasteiger partial charge is 0.234 e. The number of carbonyl (C=O) groups is 2. The van der Waals surface area contributed by atoms with Crippen molar-refractivity contribution < 1.29 is 9.59 Å². The zero-order chi connectivity index (χ0) is 19.9. The maximum Gasteiger partial charge on any atom is 0.234 e. The van der Waals surface area contributed by atoms with E-state index in [1.165, 1.54) is 19.3 Å². The SMILES string of the molecule is CC(C)(C)NC(=O)CN1CCC(CNC(=O)C23CC4CC(CC(C4)C2)C3)CC1. The molecule has 0 aromatic carbocycles. The van der Waals surface area contributed by atoms with Crippen molar-refractivity contribution in [1.29, 1.82) is 0 Å². The summed E-state index contributed by atoms with van der Waals surface area (Å²) in [6.45, 7) is 9.27. The summed E-state index contributed by atoms with van der Waals surface area (Å²) in [6.07, 6.45) is 9.73. The quantitative estimate of drug-likeness (QED) is 0.760. The molecule has 0 spiro atoms. The molecule has 0 radical (unpaired) electrons. The second-order valence-electron chi connectivity index (χ2n) is 11.4. The summed E-state index contributed by atoms with van der Waals surface area (Å²) in [5, 5.41) is 6.40. The minimum Gasteiger partial charge on any atom is -0.355 e. The molecule has 5 rings (SSSR count). The average molecular weight is 390 g/mol. The van der Waals surface area contributed by atoms with E-state index < -0.39 is 0 Å². The van der Waals surface area contributed by atoms with E-state index in [0.29, 0.717) is 18.4 Å². The van der Waals surface area contributed by atoms with E-state index in [9.17, 15) is 9.59 Å². The number of piperidine rings is 1. The molecular formula is C23H39N3O2. The maximum atomic E-state index is 13.1. The number of amides is 2. The van der Waals surface area contributed by atoms with Gasteiger partial charge in [-0.15, -0.1) is 0 Å². The van der Waals surface area contributed by atoms with E-state index in [0.717, 1.165) is 69.5 Å². The van der Waals surface area contributed by atoms with E-state index in [2.05, 4.69) is 15.5 Å². The van der Waals surface area contributed by atoms with Crippen molar-refractivity contribution in [2.24, 2.45) is 29.1 Å². The van der Waals surface area contributed by atoms with E-state index in [1.54, 1.807) is 0 Å². The Hall–Kier alpha value is -1.10. The fourth-order valence-electron chi connectivity index (χ4n) is 6.82. The van der Waals surface area contributed by atoms with Crippen LogP contribution in [0.2, 0.25) is 0 Å². The van der Waals surface area contributed by atoms with E-state index in [-0.39, 0.29) is 16.9 Å². The zero-order valence-corrected chi connectivity index (χ0v) is 18.1. The molecule has 5 heteroatoms. The molecule has 1 aliphatic heterocycles. The maximum absolute atomic E-state index is 13.1. The lowest BCUT2D eigenvalue weighted by Gasteiger charge is -2.55. The van der Waals surface area contributed by atoms with Gasteiger partial charge < -0.3 is 10.6 Å². The molecule has 2 N–H and O–H groups in total. The molecule has 5 aliphatic rings. The van der Waals surface area contributed by atoms with Gasteiger partial charge in [0.05, 0.1) is 6.54 Å². The molecule has 28 heavy (non-hydrogen) atoms. The molecule has 5 fully saturated rings. The van der Waals surface area contributed by atoms with Crippen molar-refractivity contribution >= 4 is 11.8 Å². The van der Waals surface area contributed by atoms with Crippen LogP contribution in [-0.2, 0) is 9.59 Å². The molecule has 2 amide bonds. The van der Waals surface area contributed by atoms with E-state index in [1.807, 2.05) is 20.8 Å². The third-order valence-corrected chi connectivity index (χ3v) is 7.66. The summed E-state index contributed by atoms with van der Waals surface area (Å²) in [5.74, 6) is 3.48. The van der Waals surface area contributed by atoms with Crippen LogP contribution < -0.4 is 10.6 Å². The largest absolute Gasteiger partial charge is 0.355 e. The average Bonchev–Trinajstić information content (AvgIpc) is 2.58. The van der Waals surface area contributed by atoms with Gasteiger partial charge in [0.25, 0.3) is 0 Å². The summed E-state index contributed by atoms with van der Waals surface area (Å²) >= 11 is 0. The van der Waals surface area contributed by atoms with Gasteiger partial charge in [0, 0.05) is 17.5 Å². The van der Waals surface area contributed by atoms with Gasteiger partial charge >= 0.3 is 0 Å². The topological polar surface area (TPSA) is 61.4 Å². The Balaban J connectivity index is 1.20. The van der Waals surface area contributed by atoms with Crippen LogP contribution in [0.3, 0.4) is 0 Å². The third-order valence-electron chi connectivity index (χ3n) is 7.66. The lowest BCUT2D eigenvalue weighted by molar-refractivity contribution is -0.146. The van der Waals surface area contributed by atoms with Gasteiger partial charge in [-0.2, -0.15) is 0 Å². The fourth-order valence-corrected chi connectivity index (χ4v) is 6.82. The van der Waals surface area contributed by atoms with Crippen LogP contribution in [0.15, 0.2) is 0 Å². The lowest BCUT2D eigenvalue weighted by Crippen LogP contribution is -2.54. The number of carbonyl (C=O) groups excluding carboxylic acids is 2. The van der Waals surface area contributed by atoms with Gasteiger partial charge in [-0.25, -0.2) is 0 Å². The second kappa shape index (κ2) is 7.62. The lowest BCUT2D eigenvalue weighted by atomic mass is 9.49. The predicted molar refractivity (Wildman–Crippen MR) is 111 cm³/mol. The number of likely N-dealkylation sites (tertiary alicyclic amines) is 1. The Kier molecular flexibility index (Phi) is 5.49. The minimum absolute atomic E-state index is 0.0273. The van der Waals surface area contributed by atoms with Gasteiger partial charge in [0.2, 0.25) is 11.8 Å². The molecule has 0 unspecified atom stereocenters. The fraction of sp³-hybridized carbons (Fsp3) is 0.913. The van der Waals surface area contributed by atoms with Crippen LogP contribution in [0.4, 0.5) is 0 Å². The van der Waals surface area contributed by atoms with E-state index in [4.69, 9.17) is 0 Å². The molecule has 0 aromatic rings. The van der Waals surface area contributed by atoms with Gasteiger partial charge in [-0.3, -0.25) is 14.5 Å². The van der Waals surface area contributed by atoms with Crippen LogP contribution >= 0.6 is 0 Å². The highest BCUT2D eigenvalue weighted by Crippen LogP contribution is 2.60. The van der Waals surface area contributed by atoms with Gasteiger partial charge in [0.1, 0.15) is 0 Å². The second-order valence-corrected chi connectivity index (χ2v) is 11.4. The first-order valence-electron chi connectivity index (χ1n) is 11.5. The van der Waals surface area contributed by atoms with E-state index >= 15 is 0 Å². The van der Waals surface area contributed by atoms with Crippen molar-refractivity contribution in [3.63, 3.8) is 0 Å². The van der Waals surface area contributed by atoms with Crippen LogP contribution in [0, 0.1) is 29.1 Å². The Morgan fingerprint density at radius 3 is 2.00 bits per heavy atom. The van der Waals surface area contributed by atoms with Crippen LogP contribution in [0.1, 0.15) is 72.1 Å². The van der Waals surface area contributed by atoms with Gasteiger partial charge in [0.15, 0.2) is 0 Å². The zero-order valence-electron chi connectivity index (χ0n) is 18.1. The highest BCUT2D eigenvalue weighted by Gasteiger charge is 2.54. The minimum atomic E-state index is -0.170. The molecule has 4 aliphatic carbocycles. The highest BCUT2D eigenvalue weighted by atomic mass is 16.2. The number of hydrogen-bond donors (Lipinski definition) is 2. The van der Waals surface area contributed by atoms with Gasteiger partial charge in [-0.05, 0) is 109 Å². The Labute approximate surface area is 170 Å². The summed E-state index contributed by atoms with van der Waals surface area (Å²) in [5.41, 5.74) is -0.197. The molecule has 1 heterocycles. The molecule has 4 bridgehead atoms. The molecule has 0 atom stereocenters. The van der Waals surface area contributed by atoms with Crippen molar-refractivity contribution in [2.45, 2.75) is 77.7 Å². The standard InChI is InChI=1S/C23H39N3O2/c1-22(2,3)25-20(27)15-26-6-4-16(5-7-26)14-24-21(28)23-11-17-8-18(12-23)10-19(9-17)13-23/h16-19H,4-15H2,1-3H3,(H,24,28)(H,25,27). The van der Waals surface area contributed by atoms with Crippen molar-refractivity contribution in [2.75, 3.05) is 26.2 Å². The van der Waals surface area contributed by atoms with Gasteiger partial charge in [-0.1, -0.05) is 0 Å². The Morgan fingerprint density at radius 2 is 1.50 bits per heavy atom. The normalized spacial score (nSPS) is 35.8. The summed E-state index contributed by atoms with van der Waals surface area (Å²) in [7, 11) is 0. The molecule has 5 nitrogen and oxygen atoms in total. The Bertz CT molecular complexity index is 566. The molecule has 0 aromatic heterocycles. The number of rotatable bonds is 5. The first-order valence-corrected chi connectivity index (χ1v) is 11.5. The molecular weight excluding hydrogens is 350 g/mol. The monoisotopic (exact) mass is 389 g/mol. The van der Waals surface area contributed by atoms with Crippen LogP contribution in [0.5, 0.6) is 0 Å². The summed E-state index contributed by atoms with van der Waals surface area (Å²) in [4.78, 5) is 27.5. The first kappa shape index (κ1) is 20.2. The van der Waals surface area contributed by atoms with Crippen molar-refractivity contribution in [1.82, 2.24) is 15.5 Å². The van der Waals surface area contributed by atoms with Crippen LogP contribution in [-0.4, -0.2) is 48.4 Å². The third kappa shape index (κ3) is 4.55. The first-order chi connectivity index (χ1) is 13.2. The Morgan fingerprint density at radius 1 is 0.964 bits per heavy atom. The predicted octanol–water partition coefficient (Wildman–Crippen LogP) is 2.95. The molecule has 4 saturated carbocycles. The number of nitrogens with zero attached hydrogens (tertiary/aromatic N) is 1. The molecule has 1 saturated heterocycles. The number of hydrogen-bond acceptors (Lipinski definition) is 3. The van der Waals surface area contributed by atoms with Crippen molar-refractivity contribution in [3.05, 3.63) is 0 Å². The summed E-state index contributed by atoms with van der Waals surface area (Å²) < 4.78 is 0. The summed E-state index contributed by atoms with van der Waals surface area (Å²) in [6, 6.07) is 0. The van der Waals surface area contributed by atoms with Crippen LogP contribution in [0.25, 0.3) is 0 Å². The van der Waals surface area contributed by atoms with Crippen molar-refractivity contribution in [3.8, 4) is 0 Å².